The Labute approximate surface area is 54.2 Å². The minimum absolute atomic E-state index is 0.361. The molecule has 0 spiro atoms. The molecule has 1 rings (SSSR count). The number of rotatable bonds is 0. The molecule has 0 saturated heterocycles. The third-order valence-electron chi connectivity index (χ3n) is 1.22. The first-order chi connectivity index (χ1) is 4.30. The molecule has 0 radical (unpaired) electrons. The van der Waals surface area contributed by atoms with Gasteiger partial charge in [0.1, 0.15) is 5.76 Å². The van der Waals surface area contributed by atoms with Crippen LogP contribution < -0.4 is 0 Å². The highest BCUT2D eigenvalue weighted by Crippen LogP contribution is 2.08. The molecule has 0 bridgehead atoms. The average molecular weight is 123 g/mol. The summed E-state index contributed by atoms with van der Waals surface area (Å²) in [4.78, 5) is 3.92. The number of aliphatic hydroxyl groups excluding tert-OH is 1. The predicted molar refractivity (Wildman–Crippen MR) is 37.6 cm³/mol. The van der Waals surface area contributed by atoms with Crippen molar-refractivity contribution in [3.8, 4) is 0 Å². The number of aliphatic imine (C=N–C) groups is 1. The Hall–Kier alpha value is -1.05. The van der Waals surface area contributed by atoms with E-state index in [-0.39, 0.29) is 0 Å². The Bertz CT molecular complexity index is 189. The van der Waals surface area contributed by atoms with Crippen molar-refractivity contribution in [3.63, 3.8) is 0 Å². The molecule has 0 aromatic rings. The van der Waals surface area contributed by atoms with Crippen LogP contribution in [0.2, 0.25) is 0 Å². The van der Waals surface area contributed by atoms with Crippen molar-refractivity contribution in [1.82, 2.24) is 0 Å². The first kappa shape index (κ1) is 6.08. The van der Waals surface area contributed by atoms with Crippen molar-refractivity contribution in [1.29, 1.82) is 0 Å². The molecule has 0 aromatic heterocycles. The van der Waals surface area contributed by atoms with Gasteiger partial charge in [0.05, 0.1) is 5.70 Å². The highest BCUT2D eigenvalue weighted by molar-refractivity contribution is 5.72. The summed E-state index contributed by atoms with van der Waals surface area (Å²) in [5, 5.41) is 9.07. The quantitative estimate of drug-likeness (QED) is 0.523. The van der Waals surface area contributed by atoms with Crippen molar-refractivity contribution in [2.75, 3.05) is 0 Å². The van der Waals surface area contributed by atoms with E-state index in [9.17, 15) is 0 Å². The lowest BCUT2D eigenvalue weighted by Gasteiger charge is -1.93. The maximum Gasteiger partial charge on any atom is 0.117 e. The molecule has 2 heteroatoms. The van der Waals surface area contributed by atoms with Gasteiger partial charge in [-0.25, -0.2) is 0 Å². The fourth-order valence-electron chi connectivity index (χ4n) is 0.618. The minimum Gasteiger partial charge on any atom is -0.510 e. The molecule has 2 nitrogen and oxygen atoms in total. The molecule has 0 unspecified atom stereocenters. The summed E-state index contributed by atoms with van der Waals surface area (Å²) in [7, 11) is 0. The molecular formula is C7H9NO. The van der Waals surface area contributed by atoms with Crippen molar-refractivity contribution < 1.29 is 5.11 Å². The number of hydrogen-bond donors (Lipinski definition) is 1. The summed E-state index contributed by atoms with van der Waals surface area (Å²) < 4.78 is 0. The Morgan fingerprint density at radius 3 is 3.22 bits per heavy atom. The molecule has 0 atom stereocenters. The largest absolute Gasteiger partial charge is 0.510 e. The Morgan fingerprint density at radius 2 is 2.44 bits per heavy atom. The topological polar surface area (TPSA) is 32.6 Å². The third-order valence-corrected chi connectivity index (χ3v) is 1.22. The number of aliphatic hydroxyl groups is 1. The van der Waals surface area contributed by atoms with E-state index in [1.165, 1.54) is 0 Å². The van der Waals surface area contributed by atoms with Gasteiger partial charge in [-0.2, -0.15) is 0 Å². The molecular weight excluding hydrogens is 114 g/mol. The highest BCUT2D eigenvalue weighted by Gasteiger charge is 1.96. The van der Waals surface area contributed by atoms with Gasteiger partial charge in [0, 0.05) is 12.6 Å². The molecule has 0 aliphatic carbocycles. The summed E-state index contributed by atoms with van der Waals surface area (Å²) in [6.07, 6.45) is 5.98. The van der Waals surface area contributed by atoms with Crippen LogP contribution in [-0.2, 0) is 0 Å². The van der Waals surface area contributed by atoms with E-state index < -0.39 is 0 Å². The molecule has 1 heterocycles. The van der Waals surface area contributed by atoms with Gasteiger partial charge in [0.25, 0.3) is 0 Å². The summed E-state index contributed by atoms with van der Waals surface area (Å²) in [6.45, 7) is 1.79. The first-order valence-corrected chi connectivity index (χ1v) is 2.88. The molecule has 0 amide bonds. The van der Waals surface area contributed by atoms with Crippen LogP contribution in [0.25, 0.3) is 0 Å². The molecule has 0 fully saturated rings. The zero-order chi connectivity index (χ0) is 6.69. The third kappa shape index (κ3) is 1.42. The van der Waals surface area contributed by atoms with E-state index >= 15 is 0 Å². The van der Waals surface area contributed by atoms with E-state index in [4.69, 9.17) is 5.11 Å². The van der Waals surface area contributed by atoms with Crippen LogP contribution >= 0.6 is 0 Å². The van der Waals surface area contributed by atoms with Gasteiger partial charge in [0.15, 0.2) is 0 Å². The normalized spacial score (nSPS) is 18.3. The zero-order valence-electron chi connectivity index (χ0n) is 5.33. The molecule has 0 aromatic carbocycles. The van der Waals surface area contributed by atoms with Crippen LogP contribution in [0.1, 0.15) is 13.3 Å². The standard InChI is InChI=1S/C7H9NO/c1-6-7(9)4-2-3-5-8-6/h2-3,5,9H,4H2,1H3. The van der Waals surface area contributed by atoms with Gasteiger partial charge in [-0.3, -0.25) is 4.99 Å². The van der Waals surface area contributed by atoms with Crippen molar-refractivity contribution in [2.24, 2.45) is 4.99 Å². The number of allylic oxidation sites excluding steroid dienone is 3. The van der Waals surface area contributed by atoms with E-state index in [1.807, 2.05) is 12.2 Å². The first-order valence-electron chi connectivity index (χ1n) is 2.88. The van der Waals surface area contributed by atoms with Gasteiger partial charge in [-0.1, -0.05) is 6.08 Å². The van der Waals surface area contributed by atoms with Gasteiger partial charge in [-0.15, -0.1) is 0 Å². The van der Waals surface area contributed by atoms with Crippen molar-refractivity contribution in [3.05, 3.63) is 23.6 Å². The monoisotopic (exact) mass is 123 g/mol. The maximum absolute atomic E-state index is 9.07. The van der Waals surface area contributed by atoms with E-state index in [1.54, 1.807) is 13.1 Å². The highest BCUT2D eigenvalue weighted by atomic mass is 16.3. The second-order valence-corrected chi connectivity index (χ2v) is 1.94. The zero-order valence-corrected chi connectivity index (χ0v) is 5.33. The number of nitrogens with zero attached hydrogens (tertiary/aromatic N) is 1. The molecule has 0 saturated carbocycles. The second-order valence-electron chi connectivity index (χ2n) is 1.94. The van der Waals surface area contributed by atoms with E-state index in [0.29, 0.717) is 17.9 Å². The predicted octanol–water partition coefficient (Wildman–Crippen LogP) is 1.81. The Balaban J connectivity index is 2.85. The smallest absolute Gasteiger partial charge is 0.117 e. The van der Waals surface area contributed by atoms with Crippen LogP contribution in [-0.4, -0.2) is 11.3 Å². The van der Waals surface area contributed by atoms with E-state index in [2.05, 4.69) is 4.99 Å². The summed E-state index contributed by atoms with van der Waals surface area (Å²) in [5.41, 5.74) is 0.708. The van der Waals surface area contributed by atoms with Gasteiger partial charge >= 0.3 is 0 Å². The molecule has 48 valence electrons. The minimum atomic E-state index is 0.361. The Morgan fingerprint density at radius 1 is 1.67 bits per heavy atom. The molecule has 1 aliphatic rings. The average Bonchev–Trinajstić information content (AvgIpc) is 1.99. The summed E-state index contributed by atoms with van der Waals surface area (Å²) in [5.74, 6) is 0.361. The molecule has 9 heavy (non-hydrogen) atoms. The number of hydrogen-bond acceptors (Lipinski definition) is 2. The Kier molecular flexibility index (Phi) is 1.68. The van der Waals surface area contributed by atoms with Crippen LogP contribution in [0.3, 0.4) is 0 Å². The summed E-state index contributed by atoms with van der Waals surface area (Å²) in [6, 6.07) is 0. The fourth-order valence-corrected chi connectivity index (χ4v) is 0.618. The lowest BCUT2D eigenvalue weighted by molar-refractivity contribution is 0.394. The van der Waals surface area contributed by atoms with Crippen molar-refractivity contribution >= 4 is 6.21 Å². The summed E-state index contributed by atoms with van der Waals surface area (Å²) >= 11 is 0. The van der Waals surface area contributed by atoms with Gasteiger partial charge in [-0.05, 0) is 13.0 Å². The lowest BCUT2D eigenvalue weighted by Crippen LogP contribution is -1.80. The van der Waals surface area contributed by atoms with Crippen LogP contribution in [0, 0.1) is 0 Å². The fraction of sp³-hybridized carbons (Fsp3) is 0.286. The van der Waals surface area contributed by atoms with Crippen LogP contribution in [0.4, 0.5) is 0 Å². The maximum atomic E-state index is 9.07. The SMILES string of the molecule is CC1=C(O)CC=CC=N1. The van der Waals surface area contributed by atoms with Gasteiger partial charge in [0.2, 0.25) is 0 Å². The second kappa shape index (κ2) is 2.49. The van der Waals surface area contributed by atoms with Crippen molar-refractivity contribution in [2.45, 2.75) is 13.3 Å². The van der Waals surface area contributed by atoms with Crippen LogP contribution in [0.5, 0.6) is 0 Å². The van der Waals surface area contributed by atoms with Gasteiger partial charge < -0.3 is 5.11 Å². The van der Waals surface area contributed by atoms with Crippen LogP contribution in [0.15, 0.2) is 28.6 Å². The molecule has 1 N–H and O–H groups in total. The lowest BCUT2D eigenvalue weighted by atomic mass is 10.3. The van der Waals surface area contributed by atoms with E-state index in [0.717, 1.165) is 0 Å². The molecule has 1 aliphatic heterocycles.